The van der Waals surface area contributed by atoms with Crippen LogP contribution in [0.4, 0.5) is 15.9 Å². The van der Waals surface area contributed by atoms with E-state index < -0.39 is 11.7 Å². The van der Waals surface area contributed by atoms with Gasteiger partial charge in [0.1, 0.15) is 16.9 Å². The van der Waals surface area contributed by atoms with Gasteiger partial charge in [0.05, 0.1) is 18.9 Å². The number of benzene rings is 2. The summed E-state index contributed by atoms with van der Waals surface area (Å²) in [6.07, 6.45) is 0. The van der Waals surface area contributed by atoms with E-state index in [1.54, 1.807) is 6.07 Å². The zero-order chi connectivity index (χ0) is 20.7. The number of halogens is 2. The molecule has 5 rings (SSSR count). The van der Waals surface area contributed by atoms with Gasteiger partial charge in [0.15, 0.2) is 11.4 Å². The first-order valence-corrected chi connectivity index (χ1v) is 10.2. The second-order valence-corrected chi connectivity index (χ2v) is 7.74. The number of anilines is 2. The van der Waals surface area contributed by atoms with Gasteiger partial charge < -0.3 is 19.4 Å². The molecule has 1 amide bonds. The Morgan fingerprint density at radius 1 is 1.13 bits per heavy atom. The van der Waals surface area contributed by atoms with Gasteiger partial charge >= 0.3 is 0 Å². The number of aromatic nitrogens is 2. The molecule has 0 unspecified atom stereocenters. The van der Waals surface area contributed by atoms with Crippen LogP contribution in [0.3, 0.4) is 0 Å². The number of amides is 1. The van der Waals surface area contributed by atoms with Gasteiger partial charge in [0, 0.05) is 22.9 Å². The average molecular weight is 471 g/mol. The summed E-state index contributed by atoms with van der Waals surface area (Å²) >= 11 is 3.20. The summed E-state index contributed by atoms with van der Waals surface area (Å²) in [6, 6.07) is 11.9. The minimum absolute atomic E-state index is 0.0527. The molecule has 2 aromatic heterocycles. The largest absolute Gasteiger partial charge is 0.450 e. The van der Waals surface area contributed by atoms with E-state index in [1.165, 1.54) is 12.1 Å². The molecule has 152 valence electrons. The summed E-state index contributed by atoms with van der Waals surface area (Å²) in [4.78, 5) is 23.8. The van der Waals surface area contributed by atoms with E-state index in [0.29, 0.717) is 53.3 Å². The molecule has 1 aliphatic heterocycles. The molecular weight excluding hydrogens is 455 g/mol. The number of morpholine rings is 1. The monoisotopic (exact) mass is 470 g/mol. The lowest BCUT2D eigenvalue weighted by molar-refractivity contribution is 0.101. The lowest BCUT2D eigenvalue weighted by Crippen LogP contribution is -2.37. The summed E-state index contributed by atoms with van der Waals surface area (Å²) in [6.45, 7) is 2.34. The van der Waals surface area contributed by atoms with Crippen LogP contribution in [0.5, 0.6) is 0 Å². The van der Waals surface area contributed by atoms with Crippen LogP contribution >= 0.6 is 15.9 Å². The summed E-state index contributed by atoms with van der Waals surface area (Å²) in [5.41, 5.74) is 1.78. The number of ether oxygens (including phenoxy) is 1. The number of nitrogens with zero attached hydrogens (tertiary/aromatic N) is 3. The molecule has 9 heteroatoms. The van der Waals surface area contributed by atoms with Crippen LogP contribution in [-0.4, -0.2) is 42.2 Å². The predicted molar refractivity (Wildman–Crippen MR) is 114 cm³/mol. The molecule has 30 heavy (non-hydrogen) atoms. The van der Waals surface area contributed by atoms with Crippen molar-refractivity contribution >= 4 is 55.4 Å². The van der Waals surface area contributed by atoms with Gasteiger partial charge in [0.25, 0.3) is 5.91 Å². The number of furan rings is 1. The Hall–Kier alpha value is -3.04. The maximum atomic E-state index is 14.2. The highest BCUT2D eigenvalue weighted by atomic mass is 79.9. The van der Waals surface area contributed by atoms with Crippen molar-refractivity contribution in [1.29, 1.82) is 0 Å². The molecule has 0 spiro atoms. The number of rotatable bonds is 3. The Balaban J connectivity index is 1.62. The first-order chi connectivity index (χ1) is 14.6. The van der Waals surface area contributed by atoms with Crippen molar-refractivity contribution in [3.8, 4) is 0 Å². The smallest absolute Gasteiger partial charge is 0.293 e. The molecule has 0 saturated carbocycles. The van der Waals surface area contributed by atoms with Crippen molar-refractivity contribution in [2.45, 2.75) is 0 Å². The number of para-hydroxylation sites is 1. The molecular formula is C21H16BrFN4O3. The normalized spacial score (nSPS) is 14.4. The van der Waals surface area contributed by atoms with Crippen LogP contribution in [0.1, 0.15) is 10.6 Å². The summed E-state index contributed by atoms with van der Waals surface area (Å²) in [7, 11) is 0. The van der Waals surface area contributed by atoms with Crippen LogP contribution in [0.15, 0.2) is 51.4 Å². The molecule has 4 aromatic rings. The molecule has 3 heterocycles. The average Bonchev–Trinajstić information content (AvgIpc) is 3.14. The third-order valence-corrected chi connectivity index (χ3v) is 5.39. The van der Waals surface area contributed by atoms with Crippen molar-refractivity contribution in [2.24, 2.45) is 0 Å². The molecule has 0 aliphatic carbocycles. The van der Waals surface area contributed by atoms with E-state index in [4.69, 9.17) is 9.15 Å². The summed E-state index contributed by atoms with van der Waals surface area (Å²) in [5, 5.41) is 3.34. The molecule has 0 radical (unpaired) electrons. The van der Waals surface area contributed by atoms with Gasteiger partial charge in [-0.1, -0.05) is 28.1 Å². The van der Waals surface area contributed by atoms with Gasteiger partial charge in [-0.3, -0.25) is 4.79 Å². The lowest BCUT2D eigenvalue weighted by atomic mass is 10.2. The van der Waals surface area contributed by atoms with Crippen molar-refractivity contribution in [3.63, 3.8) is 0 Å². The van der Waals surface area contributed by atoms with Crippen LogP contribution < -0.4 is 10.2 Å². The molecule has 1 N–H and O–H groups in total. The predicted octanol–water partition coefficient (Wildman–Crippen LogP) is 4.37. The molecule has 1 fully saturated rings. The van der Waals surface area contributed by atoms with E-state index >= 15 is 0 Å². The van der Waals surface area contributed by atoms with Gasteiger partial charge in [-0.25, -0.2) is 14.4 Å². The van der Waals surface area contributed by atoms with E-state index in [-0.39, 0.29) is 11.5 Å². The number of nitrogens with one attached hydrogen (secondary N) is 1. The summed E-state index contributed by atoms with van der Waals surface area (Å²) in [5.74, 6) is -0.683. The molecule has 1 saturated heterocycles. The Morgan fingerprint density at radius 3 is 2.73 bits per heavy atom. The lowest BCUT2D eigenvalue weighted by Gasteiger charge is -2.27. The zero-order valence-corrected chi connectivity index (χ0v) is 17.3. The molecule has 0 atom stereocenters. The fourth-order valence-electron chi connectivity index (χ4n) is 3.44. The number of hydrogen-bond donors (Lipinski definition) is 1. The minimum Gasteiger partial charge on any atom is -0.450 e. The third-order valence-electron chi connectivity index (χ3n) is 4.89. The van der Waals surface area contributed by atoms with Gasteiger partial charge in [-0.2, -0.15) is 0 Å². The topological polar surface area (TPSA) is 80.5 Å². The van der Waals surface area contributed by atoms with Crippen molar-refractivity contribution in [2.75, 3.05) is 36.5 Å². The number of fused-ring (bicyclic) bond motifs is 3. The third kappa shape index (κ3) is 3.40. The Kier molecular flexibility index (Phi) is 4.84. The first-order valence-electron chi connectivity index (χ1n) is 9.38. The van der Waals surface area contributed by atoms with E-state index in [0.717, 1.165) is 5.39 Å². The standard InChI is InChI=1S/C21H16BrFN4O3/c22-12-5-6-15(14(23)11-12)24-21(28)19-25-17-13-3-1-2-4-16(13)30-18(17)20(26-19)27-7-9-29-10-8-27/h1-6,11H,7-10H2,(H,24,28). The SMILES string of the molecule is O=C(Nc1ccc(Br)cc1F)c1nc(N2CCOCC2)c2oc3ccccc3c2n1. The van der Waals surface area contributed by atoms with Gasteiger partial charge in [-0.05, 0) is 30.3 Å². The highest BCUT2D eigenvalue weighted by molar-refractivity contribution is 9.10. The maximum absolute atomic E-state index is 14.2. The van der Waals surface area contributed by atoms with Gasteiger partial charge in [-0.15, -0.1) is 0 Å². The Labute approximate surface area is 179 Å². The van der Waals surface area contributed by atoms with Crippen molar-refractivity contribution in [3.05, 3.63) is 58.6 Å². The highest BCUT2D eigenvalue weighted by Gasteiger charge is 2.24. The molecule has 7 nitrogen and oxygen atoms in total. The zero-order valence-electron chi connectivity index (χ0n) is 15.7. The maximum Gasteiger partial charge on any atom is 0.293 e. The van der Waals surface area contributed by atoms with Crippen LogP contribution in [0.25, 0.3) is 22.1 Å². The molecule has 2 aromatic carbocycles. The second-order valence-electron chi connectivity index (χ2n) is 6.82. The number of carbonyl (C=O) groups excluding carboxylic acids is 1. The van der Waals surface area contributed by atoms with Crippen LogP contribution in [-0.2, 0) is 4.74 Å². The number of carbonyl (C=O) groups is 1. The fourth-order valence-corrected chi connectivity index (χ4v) is 3.77. The summed E-state index contributed by atoms with van der Waals surface area (Å²) < 4.78 is 26.2. The van der Waals surface area contributed by atoms with E-state index in [9.17, 15) is 9.18 Å². The first kappa shape index (κ1) is 19.0. The van der Waals surface area contributed by atoms with Crippen LogP contribution in [0, 0.1) is 5.82 Å². The highest BCUT2D eigenvalue weighted by Crippen LogP contribution is 2.33. The second kappa shape index (κ2) is 7.66. The molecule has 1 aliphatic rings. The van der Waals surface area contributed by atoms with Crippen molar-refractivity contribution < 1.29 is 18.3 Å². The minimum atomic E-state index is -0.599. The van der Waals surface area contributed by atoms with Crippen molar-refractivity contribution in [1.82, 2.24) is 9.97 Å². The van der Waals surface area contributed by atoms with E-state index in [2.05, 4.69) is 31.2 Å². The van der Waals surface area contributed by atoms with E-state index in [1.807, 2.05) is 29.2 Å². The number of hydrogen-bond acceptors (Lipinski definition) is 6. The Morgan fingerprint density at radius 2 is 1.93 bits per heavy atom. The molecule has 0 bridgehead atoms. The quantitative estimate of drug-likeness (QED) is 0.478. The fraction of sp³-hybridized carbons (Fsp3) is 0.190. The van der Waals surface area contributed by atoms with Crippen LogP contribution in [0.2, 0.25) is 0 Å². The van der Waals surface area contributed by atoms with Gasteiger partial charge in [0.2, 0.25) is 5.82 Å². The Bertz CT molecular complexity index is 1270.